The van der Waals surface area contributed by atoms with E-state index in [0.717, 1.165) is 37.7 Å². The number of carbonyl (C=O) groups excluding carboxylic acids is 1. The summed E-state index contributed by atoms with van der Waals surface area (Å²) in [5, 5.41) is 100. The number of nitrogens with one attached hydrogen (secondary N) is 1. The molecule has 0 spiro atoms. The largest absolute Gasteiger partial charge is 0.481 e. The van der Waals surface area contributed by atoms with Crippen LogP contribution in [0.4, 0.5) is 0 Å². The van der Waals surface area contributed by atoms with Gasteiger partial charge in [0, 0.05) is 6.92 Å². The Bertz CT molecular complexity index is 1910. The maximum Gasteiger partial charge on any atom is 0.314 e. The fourth-order valence-electron chi connectivity index (χ4n) is 14.4. The van der Waals surface area contributed by atoms with Crippen molar-refractivity contribution in [1.29, 1.82) is 0 Å². The minimum atomic E-state index is -1.80. The van der Waals surface area contributed by atoms with Crippen LogP contribution in [-0.4, -0.2) is 170 Å². The Hall–Kier alpha value is -2.14. The number of carboxylic acid groups (broad SMARTS) is 1. The van der Waals surface area contributed by atoms with E-state index in [4.69, 9.17) is 28.4 Å². The lowest BCUT2D eigenvalue weighted by Gasteiger charge is -2.62. The van der Waals surface area contributed by atoms with E-state index in [-0.39, 0.29) is 22.7 Å². The highest BCUT2D eigenvalue weighted by Crippen LogP contribution is 2.73. The number of ether oxygens (including phenoxy) is 6. The number of allylic oxidation sites excluding steroid dienone is 2. The molecule has 18 heteroatoms. The van der Waals surface area contributed by atoms with Gasteiger partial charge in [0.25, 0.3) is 0 Å². The Balaban J connectivity index is 1.20. The maximum absolute atomic E-state index is 14.0. The zero-order valence-electron chi connectivity index (χ0n) is 42.1. The zero-order chi connectivity index (χ0) is 50.9. The second-order valence-corrected chi connectivity index (χ2v) is 23.7. The number of carboxylic acids is 1. The van der Waals surface area contributed by atoms with Crippen LogP contribution in [0.15, 0.2) is 23.3 Å². The molecule has 3 saturated heterocycles. The van der Waals surface area contributed by atoms with E-state index < -0.39 is 140 Å². The van der Waals surface area contributed by atoms with Gasteiger partial charge in [-0.2, -0.15) is 0 Å². The third kappa shape index (κ3) is 9.53. The van der Waals surface area contributed by atoms with Crippen LogP contribution in [0.25, 0.3) is 0 Å². The van der Waals surface area contributed by atoms with Crippen LogP contribution >= 0.6 is 0 Å². The molecule has 0 bridgehead atoms. The summed E-state index contributed by atoms with van der Waals surface area (Å²) in [6.45, 7) is 21.3. The summed E-state index contributed by atoms with van der Waals surface area (Å²) in [4.78, 5) is 26.4. The molecule has 7 aliphatic rings. The molecule has 21 atom stereocenters. The lowest BCUT2D eigenvalue weighted by atomic mass is 9.43. The summed E-state index contributed by atoms with van der Waals surface area (Å²) >= 11 is 0. The molecule has 0 unspecified atom stereocenters. The zero-order valence-corrected chi connectivity index (χ0v) is 42.1. The lowest BCUT2D eigenvalue weighted by molar-refractivity contribution is -0.389. The highest BCUT2D eigenvalue weighted by molar-refractivity contribution is 5.82. The molecule has 18 nitrogen and oxygen atoms in total. The van der Waals surface area contributed by atoms with E-state index in [1.165, 1.54) is 18.1 Å². The summed E-state index contributed by atoms with van der Waals surface area (Å²) in [5.41, 5.74) is 1.22. The number of aliphatic hydroxyl groups excluding tert-OH is 8. The average molecular weight is 982 g/mol. The molecule has 0 aromatic carbocycles. The van der Waals surface area contributed by atoms with Crippen molar-refractivity contribution in [2.45, 2.75) is 219 Å². The molecule has 69 heavy (non-hydrogen) atoms. The molecular weight excluding hydrogens is 899 g/mol. The van der Waals surface area contributed by atoms with E-state index in [0.29, 0.717) is 38.0 Å². The van der Waals surface area contributed by atoms with Crippen molar-refractivity contribution in [2.24, 2.45) is 44.8 Å². The number of carbonyl (C=O) groups is 2. The van der Waals surface area contributed by atoms with Crippen LogP contribution in [0.5, 0.6) is 0 Å². The average Bonchev–Trinajstić information content (AvgIpc) is 3.61. The second-order valence-electron chi connectivity index (χ2n) is 23.7. The standard InChI is InChI=1S/C51H83NO17/c1-24(11-12-25(2)47(4,5)6)27-16-20-51(46(62)63)29-13-14-33-48(7,8)34(17-18-49(33,9)28(29)15-19-50(27,51)10)67-45-42(69-43-35(52-26(3)55)39(60)37(58)31(21-53)65-43)41(38(59)32(22-54)66-45)68-44-40(61)36(57)30(56)23-64-44/h24,27,30-45,53-54,56-61H,2,11-23H2,1,3-10H3,(H,52,55)(H,62,63)/t24-,27-,30+,31-,32-,33+,34+,35-,36+,37-,38+,39-,40-,41+,42-,43+,44+,45+,49-,50-,51+/m1/s1. The molecular formula is C51H83NO17. The van der Waals surface area contributed by atoms with Crippen LogP contribution in [0.2, 0.25) is 0 Å². The first-order chi connectivity index (χ1) is 32.2. The van der Waals surface area contributed by atoms with Gasteiger partial charge in [-0.3, -0.25) is 9.59 Å². The molecule has 10 N–H and O–H groups in total. The second kappa shape index (κ2) is 20.3. The molecule has 5 fully saturated rings. The van der Waals surface area contributed by atoms with Crippen LogP contribution < -0.4 is 5.32 Å². The van der Waals surface area contributed by atoms with E-state index in [1.54, 1.807) is 0 Å². The Labute approximate surface area is 406 Å². The van der Waals surface area contributed by atoms with Crippen molar-refractivity contribution in [2.75, 3.05) is 19.8 Å². The molecule has 7 rings (SSSR count). The predicted octanol–water partition coefficient (Wildman–Crippen LogP) is 2.44. The molecule has 3 heterocycles. The number of aliphatic carboxylic acids is 1. The number of amides is 1. The van der Waals surface area contributed by atoms with Crippen molar-refractivity contribution in [3.63, 3.8) is 0 Å². The van der Waals surface area contributed by atoms with Gasteiger partial charge in [-0.1, -0.05) is 78.7 Å². The van der Waals surface area contributed by atoms with Gasteiger partial charge in [-0.15, -0.1) is 0 Å². The van der Waals surface area contributed by atoms with E-state index >= 15 is 0 Å². The minimum Gasteiger partial charge on any atom is -0.481 e. The van der Waals surface area contributed by atoms with Gasteiger partial charge in [-0.25, -0.2) is 0 Å². The van der Waals surface area contributed by atoms with E-state index in [2.05, 4.69) is 67.3 Å². The minimum absolute atomic E-state index is 0.00915. The summed E-state index contributed by atoms with van der Waals surface area (Å²) in [6.07, 6.45) is -13.9. The van der Waals surface area contributed by atoms with Gasteiger partial charge in [0.05, 0.1) is 31.3 Å². The van der Waals surface area contributed by atoms with Crippen LogP contribution in [0.3, 0.4) is 0 Å². The summed E-state index contributed by atoms with van der Waals surface area (Å²) in [6, 6.07) is -1.43. The molecule has 0 radical (unpaired) electrons. The number of fused-ring (bicyclic) bond motifs is 4. The molecule has 394 valence electrons. The quantitative estimate of drug-likeness (QED) is 0.112. The van der Waals surface area contributed by atoms with Crippen LogP contribution in [0.1, 0.15) is 127 Å². The Morgan fingerprint density at radius 2 is 1.42 bits per heavy atom. The molecule has 0 aromatic heterocycles. The van der Waals surface area contributed by atoms with E-state index in [1.807, 2.05) is 0 Å². The first-order valence-electron chi connectivity index (χ1n) is 25.3. The predicted molar refractivity (Wildman–Crippen MR) is 247 cm³/mol. The number of hydrogen-bond acceptors (Lipinski definition) is 16. The van der Waals surface area contributed by atoms with E-state index in [9.17, 15) is 55.5 Å². The Morgan fingerprint density at radius 1 is 0.783 bits per heavy atom. The first-order valence-corrected chi connectivity index (χ1v) is 25.3. The van der Waals surface area contributed by atoms with Gasteiger partial charge in [0.15, 0.2) is 18.9 Å². The Morgan fingerprint density at radius 3 is 2.04 bits per heavy atom. The number of rotatable bonds is 14. The third-order valence-corrected chi connectivity index (χ3v) is 18.6. The first kappa shape index (κ1) is 54.6. The van der Waals surface area contributed by atoms with Gasteiger partial charge in [-0.05, 0) is 104 Å². The summed E-state index contributed by atoms with van der Waals surface area (Å²) < 4.78 is 37.5. The molecule has 1 amide bonds. The highest BCUT2D eigenvalue weighted by atomic mass is 16.8. The summed E-state index contributed by atoms with van der Waals surface area (Å²) in [7, 11) is 0. The van der Waals surface area contributed by atoms with Crippen molar-refractivity contribution in [1.82, 2.24) is 5.32 Å². The number of hydrogen-bond donors (Lipinski definition) is 10. The molecule has 2 saturated carbocycles. The van der Waals surface area contributed by atoms with Crippen molar-refractivity contribution in [3.05, 3.63) is 23.3 Å². The maximum atomic E-state index is 14.0. The monoisotopic (exact) mass is 982 g/mol. The van der Waals surface area contributed by atoms with Gasteiger partial charge in [0.2, 0.25) is 5.91 Å². The molecule has 4 aliphatic carbocycles. The van der Waals surface area contributed by atoms with Crippen LogP contribution in [0, 0.1) is 44.8 Å². The fraction of sp³-hybridized carbons (Fsp3) is 0.882. The molecule has 3 aliphatic heterocycles. The van der Waals surface area contributed by atoms with Crippen LogP contribution in [-0.2, 0) is 38.0 Å². The fourth-order valence-corrected chi connectivity index (χ4v) is 14.4. The summed E-state index contributed by atoms with van der Waals surface area (Å²) in [5.74, 6) is -0.753. The Kier molecular flexibility index (Phi) is 16.1. The molecule has 0 aromatic rings. The van der Waals surface area contributed by atoms with Crippen molar-refractivity contribution < 1.29 is 84.0 Å². The lowest BCUT2D eigenvalue weighted by Crippen LogP contribution is -2.69. The highest BCUT2D eigenvalue weighted by Gasteiger charge is 2.69. The van der Waals surface area contributed by atoms with Crippen molar-refractivity contribution in [3.8, 4) is 0 Å². The normalized spacial score (nSPS) is 46.0. The number of aliphatic hydroxyl groups is 8. The topological polar surface area (TPSA) is 284 Å². The SMILES string of the molecule is C=C(CC[C@@H](C)[C@H]1CC[C@@]2(C(=O)O)C3=C(CC[C@]12C)[C@@]1(C)CC[C@H](O[C@@H]2O[C@H](CO)[C@H](O)[C@H](O[C@@H]4OC[C@H](O)[C@H](O)[C@H]4O)[C@H]2O[C@@H]2O[C@H](CO)[C@@H](O)[C@H](O)[C@H]2NC(C)=O)C(C)(C)[C@@H]1CC3)C(C)(C)C. The smallest absolute Gasteiger partial charge is 0.314 e. The van der Waals surface area contributed by atoms with Gasteiger partial charge >= 0.3 is 5.97 Å². The van der Waals surface area contributed by atoms with Gasteiger partial charge < -0.3 is 79.7 Å². The van der Waals surface area contributed by atoms with Crippen molar-refractivity contribution >= 4 is 11.9 Å². The van der Waals surface area contributed by atoms with Gasteiger partial charge in [0.1, 0.15) is 67.1 Å². The third-order valence-electron chi connectivity index (χ3n) is 18.6.